The van der Waals surface area contributed by atoms with Gasteiger partial charge in [0.2, 0.25) is 21.8 Å². The van der Waals surface area contributed by atoms with E-state index in [4.69, 9.17) is 4.42 Å². The molecule has 0 N–H and O–H groups in total. The lowest BCUT2D eigenvalue weighted by atomic mass is 9.92. The molecule has 0 bridgehead atoms. The number of benzene rings is 2. The first-order valence-corrected chi connectivity index (χ1v) is 11.6. The lowest BCUT2D eigenvalue weighted by Gasteiger charge is -2.31. The molecule has 1 aliphatic carbocycles. The summed E-state index contributed by atoms with van der Waals surface area (Å²) in [6.07, 6.45) is 2.19. The molecule has 1 aromatic heterocycles. The van der Waals surface area contributed by atoms with Crippen LogP contribution in [0.5, 0.6) is 0 Å². The summed E-state index contributed by atoms with van der Waals surface area (Å²) >= 11 is 0. The second-order valence-electron chi connectivity index (χ2n) is 8.39. The van der Waals surface area contributed by atoms with E-state index in [2.05, 4.69) is 10.2 Å². The fourth-order valence-electron chi connectivity index (χ4n) is 4.42. The molecule has 2 heterocycles. The van der Waals surface area contributed by atoms with Crippen LogP contribution in [-0.4, -0.2) is 36.0 Å². The third-order valence-electron chi connectivity index (χ3n) is 6.50. The lowest BCUT2D eigenvalue weighted by Crippen LogP contribution is -2.39. The van der Waals surface area contributed by atoms with Crippen LogP contribution in [-0.2, 0) is 10.0 Å². The maximum atomic E-state index is 13.9. The Kier molecular flexibility index (Phi) is 4.71. The van der Waals surface area contributed by atoms with Gasteiger partial charge in [0.1, 0.15) is 11.6 Å². The van der Waals surface area contributed by atoms with Crippen molar-refractivity contribution in [3.8, 4) is 11.5 Å². The molecule has 5 rings (SSSR count). The van der Waals surface area contributed by atoms with Gasteiger partial charge in [-0.1, -0.05) is 12.1 Å². The summed E-state index contributed by atoms with van der Waals surface area (Å²) in [7, 11) is -3.74. The van der Waals surface area contributed by atoms with Crippen LogP contribution in [0.1, 0.15) is 36.6 Å². The van der Waals surface area contributed by atoms with Gasteiger partial charge in [0.15, 0.2) is 0 Å². The molecule has 0 unspecified atom stereocenters. The Morgan fingerprint density at radius 2 is 1.87 bits per heavy atom. The van der Waals surface area contributed by atoms with E-state index >= 15 is 0 Å². The van der Waals surface area contributed by atoms with Crippen LogP contribution < -0.4 is 0 Å². The van der Waals surface area contributed by atoms with E-state index in [1.807, 2.05) is 0 Å². The summed E-state index contributed by atoms with van der Waals surface area (Å²) in [5, 5.41) is 8.21. The number of hydrogen-bond acceptors (Lipinski definition) is 5. The number of hydrogen-bond donors (Lipinski definition) is 0. The minimum atomic E-state index is -3.74. The number of piperidine rings is 1. The number of aryl methyl sites for hydroxylation is 1. The van der Waals surface area contributed by atoms with E-state index in [0.717, 1.165) is 12.5 Å². The fourth-order valence-corrected chi connectivity index (χ4v) is 5.87. The van der Waals surface area contributed by atoms with Crippen LogP contribution in [0.25, 0.3) is 11.5 Å². The first-order valence-electron chi connectivity index (χ1n) is 10.1. The number of rotatable bonds is 4. The van der Waals surface area contributed by atoms with Crippen LogP contribution in [0.3, 0.4) is 0 Å². The average Bonchev–Trinajstić information content (AvgIpc) is 3.21. The molecule has 2 aliphatic rings. The molecule has 1 aliphatic heterocycles. The zero-order valence-corrected chi connectivity index (χ0v) is 17.7. The van der Waals surface area contributed by atoms with E-state index in [9.17, 15) is 17.2 Å². The molecular weight excluding hydrogens is 424 g/mol. The quantitative estimate of drug-likeness (QED) is 0.599. The van der Waals surface area contributed by atoms with E-state index in [-0.39, 0.29) is 27.9 Å². The average molecular weight is 445 g/mol. The van der Waals surface area contributed by atoms with Crippen LogP contribution in [0.2, 0.25) is 0 Å². The minimum Gasteiger partial charge on any atom is -0.420 e. The molecule has 162 valence electrons. The predicted molar refractivity (Wildman–Crippen MR) is 109 cm³/mol. The third kappa shape index (κ3) is 3.55. The number of nitrogens with zero attached hydrogens (tertiary/aromatic N) is 3. The molecule has 2 fully saturated rings. The van der Waals surface area contributed by atoms with Crippen molar-refractivity contribution in [3.63, 3.8) is 0 Å². The van der Waals surface area contributed by atoms with Gasteiger partial charge in [-0.25, -0.2) is 17.2 Å². The van der Waals surface area contributed by atoms with Gasteiger partial charge in [0, 0.05) is 24.6 Å². The molecule has 6 nitrogen and oxygen atoms in total. The second-order valence-corrected chi connectivity index (χ2v) is 10.3. The minimum absolute atomic E-state index is 0.0180. The maximum absolute atomic E-state index is 13.9. The van der Waals surface area contributed by atoms with E-state index in [1.54, 1.807) is 19.1 Å². The van der Waals surface area contributed by atoms with E-state index in [0.29, 0.717) is 42.9 Å². The Morgan fingerprint density at radius 1 is 1.10 bits per heavy atom. The number of aromatic nitrogens is 2. The molecule has 1 saturated carbocycles. The molecule has 0 radical (unpaired) electrons. The van der Waals surface area contributed by atoms with E-state index < -0.39 is 15.8 Å². The topological polar surface area (TPSA) is 76.3 Å². The predicted octanol–water partition coefficient (Wildman–Crippen LogP) is 4.28. The smallest absolute Gasteiger partial charge is 0.247 e. The summed E-state index contributed by atoms with van der Waals surface area (Å²) in [6.45, 7) is 2.32. The van der Waals surface area contributed by atoms with E-state index in [1.165, 1.54) is 28.6 Å². The molecule has 31 heavy (non-hydrogen) atoms. The van der Waals surface area contributed by atoms with Gasteiger partial charge >= 0.3 is 0 Å². The van der Waals surface area contributed by atoms with Crippen molar-refractivity contribution in [3.05, 3.63) is 65.6 Å². The number of sulfonamides is 1. The molecule has 1 atom stereocenters. The molecule has 1 spiro atoms. The van der Waals surface area contributed by atoms with Crippen LogP contribution >= 0.6 is 0 Å². The highest BCUT2D eigenvalue weighted by atomic mass is 32.2. The maximum Gasteiger partial charge on any atom is 0.247 e. The van der Waals surface area contributed by atoms with Gasteiger partial charge in [-0.3, -0.25) is 0 Å². The van der Waals surface area contributed by atoms with Crippen molar-refractivity contribution in [2.45, 2.75) is 37.0 Å². The van der Waals surface area contributed by atoms with Crippen molar-refractivity contribution in [1.29, 1.82) is 0 Å². The van der Waals surface area contributed by atoms with Crippen molar-refractivity contribution in [2.75, 3.05) is 13.1 Å². The molecule has 0 amide bonds. The van der Waals surface area contributed by atoms with Gasteiger partial charge in [0.25, 0.3) is 0 Å². The Bertz CT molecular complexity index is 1250. The van der Waals surface area contributed by atoms with Crippen LogP contribution in [0.4, 0.5) is 8.78 Å². The van der Waals surface area contributed by atoms with Gasteiger partial charge in [0.05, 0.1) is 4.90 Å². The van der Waals surface area contributed by atoms with Gasteiger partial charge < -0.3 is 4.42 Å². The SMILES string of the molecule is Cc1ccc(S(=O)(=O)N2CCC3(CC2)C[C@H]3c2nnc(-c3cccc(F)c3)o2)cc1F. The summed E-state index contributed by atoms with van der Waals surface area (Å²) < 4.78 is 60.4. The van der Waals surface area contributed by atoms with Gasteiger partial charge in [-0.05, 0) is 67.5 Å². The highest BCUT2D eigenvalue weighted by Crippen LogP contribution is 2.64. The van der Waals surface area contributed by atoms with Crippen LogP contribution in [0, 0.1) is 24.0 Å². The van der Waals surface area contributed by atoms with Gasteiger partial charge in [-0.15, -0.1) is 10.2 Å². The molecule has 9 heteroatoms. The van der Waals surface area contributed by atoms with Crippen molar-refractivity contribution >= 4 is 10.0 Å². The summed E-state index contributed by atoms with van der Waals surface area (Å²) in [4.78, 5) is -0.0180. The van der Waals surface area contributed by atoms with Gasteiger partial charge in [-0.2, -0.15) is 4.31 Å². The third-order valence-corrected chi connectivity index (χ3v) is 8.39. The Balaban J connectivity index is 1.28. The molecule has 2 aromatic carbocycles. The first kappa shape index (κ1) is 20.3. The largest absolute Gasteiger partial charge is 0.420 e. The summed E-state index contributed by atoms with van der Waals surface area (Å²) in [6, 6.07) is 10.0. The number of halogens is 2. The summed E-state index contributed by atoms with van der Waals surface area (Å²) in [5.74, 6) is -0.0393. The lowest BCUT2D eigenvalue weighted by molar-refractivity contribution is 0.246. The zero-order chi connectivity index (χ0) is 21.8. The standard InChI is InChI=1S/C22H21F2N3O3S/c1-14-5-6-17(12-19(14)24)31(28,29)27-9-7-22(8-10-27)13-18(22)21-26-25-20(30-21)15-3-2-4-16(23)11-15/h2-6,11-12,18H,7-10,13H2,1H3/t18-/m0/s1. The monoisotopic (exact) mass is 445 g/mol. The van der Waals surface area contributed by atoms with Crippen molar-refractivity contribution < 1.29 is 21.6 Å². The fraction of sp³-hybridized carbons (Fsp3) is 0.364. The zero-order valence-electron chi connectivity index (χ0n) is 16.9. The van der Waals surface area contributed by atoms with Crippen molar-refractivity contribution in [1.82, 2.24) is 14.5 Å². The van der Waals surface area contributed by atoms with Crippen molar-refractivity contribution in [2.24, 2.45) is 5.41 Å². The Morgan fingerprint density at radius 3 is 2.58 bits per heavy atom. The Hall–Kier alpha value is -2.65. The molecule has 1 saturated heterocycles. The van der Waals surface area contributed by atoms with Crippen LogP contribution in [0.15, 0.2) is 51.8 Å². The Labute approximate surface area is 179 Å². The highest BCUT2D eigenvalue weighted by Gasteiger charge is 2.58. The summed E-state index contributed by atoms with van der Waals surface area (Å²) in [5.41, 5.74) is 0.880. The second kappa shape index (κ2) is 7.20. The highest BCUT2D eigenvalue weighted by molar-refractivity contribution is 7.89. The molecular formula is C22H21F2N3O3S. The first-order chi connectivity index (χ1) is 14.8. The normalized spacial score (nSPS) is 20.8. The molecule has 3 aromatic rings.